The van der Waals surface area contributed by atoms with Crippen molar-refractivity contribution in [3.05, 3.63) is 23.5 Å². The van der Waals surface area contributed by atoms with Gasteiger partial charge in [0, 0.05) is 36.6 Å². The zero-order valence-electron chi connectivity index (χ0n) is 16.5. The van der Waals surface area contributed by atoms with E-state index >= 15 is 0 Å². The van der Waals surface area contributed by atoms with Crippen molar-refractivity contribution in [3.8, 4) is 0 Å². The first kappa shape index (κ1) is 18.9. The number of carbonyl (C=O) groups is 1. The molecule has 2 aromatic rings. The summed E-state index contributed by atoms with van der Waals surface area (Å²) in [6.45, 7) is 10.8. The molecule has 0 aromatic carbocycles. The molecule has 1 aliphatic rings. The van der Waals surface area contributed by atoms with Gasteiger partial charge in [-0.1, -0.05) is 0 Å². The van der Waals surface area contributed by atoms with E-state index in [1.807, 2.05) is 46.8 Å². The molecular formula is C18H27N7O2. The molecular weight excluding hydrogens is 346 g/mol. The number of amides is 1. The number of anilines is 3. The lowest BCUT2D eigenvalue weighted by Crippen LogP contribution is -2.40. The van der Waals surface area contributed by atoms with E-state index in [-0.39, 0.29) is 6.04 Å². The van der Waals surface area contributed by atoms with Crippen molar-refractivity contribution in [2.45, 2.75) is 52.7 Å². The molecule has 9 nitrogen and oxygen atoms in total. The van der Waals surface area contributed by atoms with Crippen LogP contribution in [0.5, 0.6) is 0 Å². The highest BCUT2D eigenvalue weighted by Crippen LogP contribution is 2.21. The molecule has 0 saturated carbocycles. The minimum Gasteiger partial charge on any atom is -0.444 e. The van der Waals surface area contributed by atoms with Gasteiger partial charge in [-0.15, -0.1) is 0 Å². The van der Waals surface area contributed by atoms with E-state index in [4.69, 9.17) is 4.74 Å². The van der Waals surface area contributed by atoms with Crippen molar-refractivity contribution >= 4 is 23.7 Å². The van der Waals surface area contributed by atoms with Crippen LogP contribution in [0.4, 0.5) is 22.4 Å². The van der Waals surface area contributed by atoms with Crippen LogP contribution in [-0.4, -0.2) is 51.0 Å². The van der Waals surface area contributed by atoms with E-state index in [0.29, 0.717) is 24.1 Å². The van der Waals surface area contributed by atoms with E-state index in [2.05, 4.69) is 35.7 Å². The van der Waals surface area contributed by atoms with Crippen molar-refractivity contribution in [1.82, 2.24) is 25.5 Å². The molecule has 1 atom stereocenters. The average molecular weight is 373 g/mol. The number of H-pyrrole nitrogens is 1. The van der Waals surface area contributed by atoms with Crippen LogP contribution in [0.2, 0.25) is 0 Å². The van der Waals surface area contributed by atoms with Crippen molar-refractivity contribution in [2.24, 2.45) is 0 Å². The SMILES string of the molecule is Cc1cc(Nc2cc(C)[nH]n2)nc(N2CC[C@H](NC(=O)OC(C)(C)C)C2)n1. The van der Waals surface area contributed by atoms with Gasteiger partial charge in [0.25, 0.3) is 0 Å². The third-order valence-electron chi connectivity index (χ3n) is 4.00. The Bertz CT molecular complexity index is 812. The van der Waals surface area contributed by atoms with Gasteiger partial charge in [0.15, 0.2) is 5.82 Å². The standard InChI is InChI=1S/C18H27N7O2/c1-11-8-14(21-15-9-12(2)23-24-15)22-16(19-11)25-7-6-13(10-25)20-17(26)27-18(3,4)5/h8-9,13H,6-7,10H2,1-5H3,(H,20,26)(H2,19,21,22,23,24)/t13-/m0/s1. The summed E-state index contributed by atoms with van der Waals surface area (Å²) in [7, 11) is 0. The molecule has 1 amide bonds. The first-order valence-electron chi connectivity index (χ1n) is 9.07. The van der Waals surface area contributed by atoms with Crippen LogP contribution in [-0.2, 0) is 4.74 Å². The Kier molecular flexibility index (Phi) is 5.20. The molecule has 0 aliphatic carbocycles. The van der Waals surface area contributed by atoms with Crippen LogP contribution in [0.1, 0.15) is 38.6 Å². The summed E-state index contributed by atoms with van der Waals surface area (Å²) in [4.78, 5) is 23.2. The number of aryl methyl sites for hydroxylation is 2. The lowest BCUT2D eigenvalue weighted by molar-refractivity contribution is 0.0509. The molecule has 1 fully saturated rings. The fraction of sp³-hybridized carbons (Fsp3) is 0.556. The highest BCUT2D eigenvalue weighted by atomic mass is 16.6. The fourth-order valence-corrected chi connectivity index (χ4v) is 2.91. The van der Waals surface area contributed by atoms with E-state index in [1.54, 1.807) is 0 Å². The van der Waals surface area contributed by atoms with Crippen LogP contribution < -0.4 is 15.5 Å². The van der Waals surface area contributed by atoms with E-state index in [1.165, 1.54) is 0 Å². The van der Waals surface area contributed by atoms with Gasteiger partial charge in [-0.25, -0.2) is 9.78 Å². The van der Waals surface area contributed by atoms with Crippen LogP contribution in [0.25, 0.3) is 0 Å². The zero-order valence-corrected chi connectivity index (χ0v) is 16.5. The van der Waals surface area contributed by atoms with Gasteiger partial charge in [0.05, 0.1) is 6.04 Å². The second-order valence-corrected chi connectivity index (χ2v) is 7.83. The summed E-state index contributed by atoms with van der Waals surface area (Å²) in [6.07, 6.45) is 0.425. The molecule has 0 spiro atoms. The smallest absolute Gasteiger partial charge is 0.407 e. The molecule has 0 bridgehead atoms. The van der Waals surface area contributed by atoms with Crippen LogP contribution in [0.15, 0.2) is 12.1 Å². The number of aromatic amines is 1. The molecule has 3 rings (SSSR count). The summed E-state index contributed by atoms with van der Waals surface area (Å²) in [5.74, 6) is 2.04. The van der Waals surface area contributed by atoms with Crippen molar-refractivity contribution in [1.29, 1.82) is 0 Å². The predicted octanol–water partition coefficient (Wildman–Crippen LogP) is 2.66. The summed E-state index contributed by atoms with van der Waals surface area (Å²) in [6, 6.07) is 3.79. The van der Waals surface area contributed by atoms with Crippen LogP contribution >= 0.6 is 0 Å². The number of ether oxygens (including phenoxy) is 1. The molecule has 0 radical (unpaired) electrons. The van der Waals surface area contributed by atoms with Crippen molar-refractivity contribution in [3.63, 3.8) is 0 Å². The highest BCUT2D eigenvalue weighted by molar-refractivity contribution is 5.68. The topological polar surface area (TPSA) is 108 Å². The van der Waals surface area contributed by atoms with Gasteiger partial charge in [0.1, 0.15) is 11.4 Å². The quantitative estimate of drug-likeness (QED) is 0.756. The molecule has 0 unspecified atom stereocenters. The van der Waals surface area contributed by atoms with Gasteiger partial charge in [-0.2, -0.15) is 10.1 Å². The Labute approximate surface area is 158 Å². The fourth-order valence-electron chi connectivity index (χ4n) is 2.91. The van der Waals surface area contributed by atoms with E-state index in [0.717, 1.165) is 24.4 Å². The Balaban J connectivity index is 1.64. The second-order valence-electron chi connectivity index (χ2n) is 7.83. The highest BCUT2D eigenvalue weighted by Gasteiger charge is 2.27. The number of aromatic nitrogens is 4. The molecule has 3 heterocycles. The zero-order chi connectivity index (χ0) is 19.6. The molecule has 1 aliphatic heterocycles. The largest absolute Gasteiger partial charge is 0.444 e. The maximum Gasteiger partial charge on any atom is 0.407 e. The molecule has 1 saturated heterocycles. The molecule has 9 heteroatoms. The van der Waals surface area contributed by atoms with Crippen LogP contribution in [0.3, 0.4) is 0 Å². The number of hydrogen-bond acceptors (Lipinski definition) is 7. The molecule has 27 heavy (non-hydrogen) atoms. The normalized spacial score (nSPS) is 17.1. The molecule has 2 aromatic heterocycles. The number of nitrogens with zero attached hydrogens (tertiary/aromatic N) is 4. The monoisotopic (exact) mass is 373 g/mol. The first-order valence-corrected chi connectivity index (χ1v) is 9.07. The van der Waals surface area contributed by atoms with Gasteiger partial charge in [-0.3, -0.25) is 5.10 Å². The van der Waals surface area contributed by atoms with E-state index < -0.39 is 11.7 Å². The third-order valence-corrected chi connectivity index (χ3v) is 4.00. The third kappa shape index (κ3) is 5.32. The number of carbonyl (C=O) groups excluding carboxylic acids is 1. The Morgan fingerprint density at radius 3 is 2.70 bits per heavy atom. The van der Waals surface area contributed by atoms with Gasteiger partial charge in [-0.05, 0) is 41.0 Å². The minimum atomic E-state index is -0.507. The number of rotatable bonds is 4. The summed E-state index contributed by atoms with van der Waals surface area (Å²) >= 11 is 0. The van der Waals surface area contributed by atoms with Gasteiger partial charge in [0.2, 0.25) is 5.95 Å². The number of alkyl carbamates (subject to hydrolysis) is 1. The Hall–Kier alpha value is -2.84. The maximum absolute atomic E-state index is 12.0. The lowest BCUT2D eigenvalue weighted by atomic mass is 10.2. The Morgan fingerprint density at radius 1 is 1.26 bits per heavy atom. The first-order chi connectivity index (χ1) is 12.7. The van der Waals surface area contributed by atoms with Gasteiger partial charge >= 0.3 is 6.09 Å². The summed E-state index contributed by atoms with van der Waals surface area (Å²) in [5, 5.41) is 13.2. The van der Waals surface area contributed by atoms with Crippen molar-refractivity contribution in [2.75, 3.05) is 23.3 Å². The van der Waals surface area contributed by atoms with Crippen molar-refractivity contribution < 1.29 is 9.53 Å². The summed E-state index contributed by atoms with van der Waals surface area (Å²) in [5.41, 5.74) is 1.32. The molecule has 146 valence electrons. The van der Waals surface area contributed by atoms with Crippen LogP contribution in [0, 0.1) is 13.8 Å². The average Bonchev–Trinajstić information content (AvgIpc) is 3.14. The number of nitrogens with one attached hydrogen (secondary N) is 3. The summed E-state index contributed by atoms with van der Waals surface area (Å²) < 4.78 is 5.33. The number of hydrogen-bond donors (Lipinski definition) is 3. The Morgan fingerprint density at radius 2 is 2.04 bits per heavy atom. The lowest BCUT2D eigenvalue weighted by Gasteiger charge is -2.22. The van der Waals surface area contributed by atoms with E-state index in [9.17, 15) is 4.79 Å². The minimum absolute atomic E-state index is 0.00867. The second kappa shape index (κ2) is 7.42. The maximum atomic E-state index is 12.0. The predicted molar refractivity (Wildman–Crippen MR) is 103 cm³/mol. The van der Waals surface area contributed by atoms with Gasteiger partial charge < -0.3 is 20.3 Å². The molecule has 3 N–H and O–H groups in total.